The molecule has 5 nitrogen and oxygen atoms in total. The molecule has 0 amide bonds. The maximum Gasteiger partial charge on any atom is 0.164 e. The van der Waals surface area contributed by atoms with E-state index in [-0.39, 0.29) is 0 Å². The van der Waals surface area contributed by atoms with E-state index >= 15 is 0 Å². The summed E-state index contributed by atoms with van der Waals surface area (Å²) >= 11 is 3.54. The number of fused-ring (bicyclic) bond motifs is 6. The minimum absolute atomic E-state index is 0.635. The van der Waals surface area contributed by atoms with Gasteiger partial charge in [0.2, 0.25) is 0 Å². The third-order valence-electron chi connectivity index (χ3n) is 10.2. The molecule has 11 rings (SSSR count). The summed E-state index contributed by atoms with van der Waals surface area (Å²) in [4.78, 5) is 25.6. The van der Waals surface area contributed by atoms with Crippen LogP contribution < -0.4 is 0 Å². The average molecular weight is 752 g/mol. The van der Waals surface area contributed by atoms with Crippen molar-refractivity contribution in [1.29, 1.82) is 0 Å². The van der Waals surface area contributed by atoms with Gasteiger partial charge in [-0.3, -0.25) is 0 Å². The molecular weight excluding hydrogens is 723 g/mol. The Morgan fingerprint density at radius 3 is 1.50 bits per heavy atom. The minimum atomic E-state index is 0.635. The van der Waals surface area contributed by atoms with Crippen LogP contribution in [0, 0.1) is 0 Å². The van der Waals surface area contributed by atoms with Gasteiger partial charge >= 0.3 is 0 Å². The number of rotatable bonds is 6. The predicted octanol–water partition coefficient (Wildman–Crippen LogP) is 13.4. The standard InChI is InChI=1S/C49H29N5S2/c1-4-13-30(14-5-1)31-23-25-34(26-24-31)48-52-47(33-17-8-3-9-18-33)53-49(54-48)35-27-28-36-37-20-12-21-39(44(37)56-41(36)29-35)43-45-42(38-19-10-11-22-40(38)55-45)50-46(51-43)32-15-6-2-7-16-32/h1-29H. The quantitative estimate of drug-likeness (QED) is 0.169. The Morgan fingerprint density at radius 1 is 0.304 bits per heavy atom. The van der Waals surface area contributed by atoms with Crippen molar-refractivity contribution in [3.63, 3.8) is 0 Å². The van der Waals surface area contributed by atoms with Crippen LogP contribution in [0.4, 0.5) is 0 Å². The highest BCUT2D eigenvalue weighted by molar-refractivity contribution is 7.27. The van der Waals surface area contributed by atoms with Crippen molar-refractivity contribution in [3.05, 3.63) is 176 Å². The zero-order chi connectivity index (χ0) is 37.0. The maximum atomic E-state index is 5.30. The van der Waals surface area contributed by atoms with Gasteiger partial charge in [-0.05, 0) is 23.3 Å². The van der Waals surface area contributed by atoms with Crippen molar-refractivity contribution in [2.75, 3.05) is 0 Å². The van der Waals surface area contributed by atoms with Gasteiger partial charge in [0.25, 0.3) is 0 Å². The molecule has 0 spiro atoms. The number of hydrogen-bond donors (Lipinski definition) is 0. The van der Waals surface area contributed by atoms with Crippen molar-refractivity contribution in [2.45, 2.75) is 0 Å². The molecule has 11 aromatic rings. The molecule has 0 atom stereocenters. The van der Waals surface area contributed by atoms with Gasteiger partial charge in [0, 0.05) is 58.1 Å². The van der Waals surface area contributed by atoms with Crippen molar-refractivity contribution in [3.8, 4) is 67.9 Å². The Hall–Kier alpha value is -6.93. The van der Waals surface area contributed by atoms with Crippen LogP contribution in [-0.4, -0.2) is 24.9 Å². The van der Waals surface area contributed by atoms with E-state index in [1.807, 2.05) is 54.6 Å². The van der Waals surface area contributed by atoms with E-state index in [2.05, 4.69) is 121 Å². The Kier molecular flexibility index (Phi) is 7.79. The van der Waals surface area contributed by atoms with Crippen LogP contribution in [0.15, 0.2) is 176 Å². The molecule has 0 unspecified atom stereocenters. The fraction of sp³-hybridized carbons (Fsp3) is 0. The lowest BCUT2D eigenvalue weighted by Crippen LogP contribution is -2.00. The molecule has 0 fully saturated rings. The summed E-state index contributed by atoms with van der Waals surface area (Å²) in [5, 5.41) is 3.54. The van der Waals surface area contributed by atoms with Crippen LogP contribution in [0.2, 0.25) is 0 Å². The van der Waals surface area contributed by atoms with Gasteiger partial charge in [-0.1, -0.05) is 164 Å². The lowest BCUT2D eigenvalue weighted by molar-refractivity contribution is 1.07. The van der Waals surface area contributed by atoms with E-state index in [0.717, 1.165) is 65.2 Å². The van der Waals surface area contributed by atoms with Crippen molar-refractivity contribution in [1.82, 2.24) is 24.9 Å². The second-order valence-electron chi connectivity index (χ2n) is 13.6. The van der Waals surface area contributed by atoms with Gasteiger partial charge in [-0.25, -0.2) is 24.9 Å². The summed E-state index contributed by atoms with van der Waals surface area (Å²) in [7, 11) is 0. The summed E-state index contributed by atoms with van der Waals surface area (Å²) in [5.74, 6) is 2.64. The summed E-state index contributed by atoms with van der Waals surface area (Å²) in [6.07, 6.45) is 0. The molecule has 0 aliphatic carbocycles. The Balaban J connectivity index is 1.06. The number of aromatic nitrogens is 5. The molecule has 0 saturated carbocycles. The summed E-state index contributed by atoms with van der Waals surface area (Å²) < 4.78 is 4.65. The third kappa shape index (κ3) is 5.64. The van der Waals surface area contributed by atoms with Crippen LogP contribution in [0.5, 0.6) is 0 Å². The van der Waals surface area contributed by atoms with Crippen LogP contribution in [0.25, 0.3) is 108 Å². The Labute approximate surface area is 330 Å². The molecule has 0 saturated heterocycles. The van der Waals surface area contributed by atoms with E-state index < -0.39 is 0 Å². The summed E-state index contributed by atoms with van der Waals surface area (Å²) in [6, 6.07) is 60.9. The van der Waals surface area contributed by atoms with Gasteiger partial charge in [-0.2, -0.15) is 0 Å². The van der Waals surface area contributed by atoms with E-state index in [1.165, 1.54) is 25.7 Å². The second-order valence-corrected chi connectivity index (χ2v) is 15.8. The molecule has 4 aromatic heterocycles. The molecule has 56 heavy (non-hydrogen) atoms. The van der Waals surface area contributed by atoms with E-state index in [0.29, 0.717) is 17.5 Å². The zero-order valence-electron chi connectivity index (χ0n) is 29.8. The highest BCUT2D eigenvalue weighted by Gasteiger charge is 2.20. The van der Waals surface area contributed by atoms with Crippen LogP contribution in [-0.2, 0) is 0 Å². The molecule has 0 aliphatic heterocycles. The molecule has 4 heterocycles. The predicted molar refractivity (Wildman–Crippen MR) is 234 cm³/mol. The SMILES string of the molecule is c1ccc(-c2ccc(-c3nc(-c4ccccc4)nc(-c4ccc5c(c4)sc4c(-c6nc(-c7ccccc7)nc7c6sc6ccccc67)cccc45)n3)cc2)cc1. The first-order valence-electron chi connectivity index (χ1n) is 18.4. The Morgan fingerprint density at radius 2 is 0.804 bits per heavy atom. The largest absolute Gasteiger partial charge is 0.226 e. The fourth-order valence-electron chi connectivity index (χ4n) is 7.41. The van der Waals surface area contributed by atoms with Gasteiger partial charge in [0.1, 0.15) is 0 Å². The molecule has 0 radical (unpaired) electrons. The topological polar surface area (TPSA) is 64.5 Å². The van der Waals surface area contributed by atoms with E-state index in [9.17, 15) is 0 Å². The van der Waals surface area contributed by atoms with Crippen LogP contribution >= 0.6 is 22.7 Å². The number of hydrogen-bond acceptors (Lipinski definition) is 7. The summed E-state index contributed by atoms with van der Waals surface area (Å²) in [6.45, 7) is 0. The molecule has 7 aromatic carbocycles. The van der Waals surface area contributed by atoms with E-state index in [4.69, 9.17) is 24.9 Å². The first-order valence-corrected chi connectivity index (χ1v) is 20.0. The fourth-order valence-corrected chi connectivity index (χ4v) is 9.81. The molecule has 7 heteroatoms. The molecular formula is C49H29N5S2. The monoisotopic (exact) mass is 751 g/mol. The normalized spacial score (nSPS) is 11.6. The number of nitrogens with zero attached hydrogens (tertiary/aromatic N) is 5. The minimum Gasteiger partial charge on any atom is -0.226 e. The van der Waals surface area contributed by atoms with Gasteiger partial charge in [0.15, 0.2) is 23.3 Å². The lowest BCUT2D eigenvalue weighted by atomic mass is 10.0. The maximum absolute atomic E-state index is 5.30. The highest BCUT2D eigenvalue weighted by atomic mass is 32.1. The van der Waals surface area contributed by atoms with Gasteiger partial charge in [-0.15, -0.1) is 22.7 Å². The third-order valence-corrected chi connectivity index (χ3v) is 12.5. The first-order chi connectivity index (χ1) is 27.7. The second kappa shape index (κ2) is 13.4. The van der Waals surface area contributed by atoms with Crippen molar-refractivity contribution < 1.29 is 0 Å². The smallest absolute Gasteiger partial charge is 0.164 e. The first kappa shape index (κ1) is 32.5. The molecule has 0 aliphatic rings. The highest BCUT2D eigenvalue weighted by Crippen LogP contribution is 2.45. The summed E-state index contributed by atoms with van der Waals surface area (Å²) in [5.41, 5.74) is 9.19. The van der Waals surface area contributed by atoms with Gasteiger partial charge < -0.3 is 0 Å². The van der Waals surface area contributed by atoms with E-state index in [1.54, 1.807) is 22.7 Å². The number of thiophene rings is 2. The van der Waals surface area contributed by atoms with Crippen LogP contribution in [0.1, 0.15) is 0 Å². The molecule has 0 N–H and O–H groups in total. The molecule has 0 bridgehead atoms. The zero-order valence-corrected chi connectivity index (χ0v) is 31.4. The van der Waals surface area contributed by atoms with Gasteiger partial charge in [0.05, 0.1) is 15.9 Å². The van der Waals surface area contributed by atoms with Crippen molar-refractivity contribution in [2.24, 2.45) is 0 Å². The average Bonchev–Trinajstić information content (AvgIpc) is 3.85. The number of benzene rings is 7. The van der Waals surface area contributed by atoms with Crippen LogP contribution in [0.3, 0.4) is 0 Å². The lowest BCUT2D eigenvalue weighted by Gasteiger charge is -2.09. The molecule has 262 valence electrons. The van der Waals surface area contributed by atoms with Crippen molar-refractivity contribution >= 4 is 63.1 Å². The Bertz CT molecular complexity index is 3230.